The Kier molecular flexibility index (Phi) is 9.08. The Balaban J connectivity index is 1.81. The zero-order valence-electron chi connectivity index (χ0n) is 23.9. The Morgan fingerprint density at radius 3 is 1.07 bits per heavy atom. The second kappa shape index (κ2) is 13.1. The molecule has 0 aliphatic carbocycles. The Hall–Kier alpha value is -3.32. The molecule has 0 atom stereocenters. The molecule has 0 N–H and O–H groups in total. The van der Waals surface area contributed by atoms with Crippen molar-refractivity contribution in [2.75, 3.05) is 14.2 Å². The first-order chi connectivity index (χ1) is 21.1. The normalized spacial score (nSPS) is 11.3. The molecule has 0 unspecified atom stereocenters. The van der Waals surface area contributed by atoms with E-state index in [0.717, 1.165) is 20.4 Å². The molecule has 0 aliphatic heterocycles. The van der Waals surface area contributed by atoms with Crippen LogP contribution < -0.4 is 23.8 Å². The van der Waals surface area contributed by atoms with E-state index in [4.69, 9.17) is 9.47 Å². The minimum absolute atomic E-state index is 0.844. The summed E-state index contributed by atoms with van der Waals surface area (Å²) in [6.07, 6.45) is 0. The molecule has 43 heavy (non-hydrogen) atoms. The van der Waals surface area contributed by atoms with Crippen LogP contribution in [-0.4, -0.2) is 32.6 Å². The molecule has 6 aromatic rings. The molecular formula is C38H30Br2O2Sn. The molecule has 2 nitrogen and oxygen atoms in total. The molecule has 0 aliphatic rings. The predicted octanol–water partition coefficient (Wildman–Crippen LogP) is 7.94. The topological polar surface area (TPSA) is 18.5 Å². The summed E-state index contributed by atoms with van der Waals surface area (Å²) >= 11 is 3.57. The van der Waals surface area contributed by atoms with Gasteiger partial charge < -0.3 is 0 Å². The number of rotatable bonds is 8. The van der Waals surface area contributed by atoms with Gasteiger partial charge in [0.1, 0.15) is 0 Å². The Morgan fingerprint density at radius 1 is 0.395 bits per heavy atom. The van der Waals surface area contributed by atoms with Gasteiger partial charge in [-0.1, -0.05) is 0 Å². The first-order valence-corrected chi connectivity index (χ1v) is 21.3. The second-order valence-corrected chi connectivity index (χ2v) is 22.6. The van der Waals surface area contributed by atoms with Crippen LogP contribution in [-0.2, 0) is 0 Å². The van der Waals surface area contributed by atoms with Crippen molar-refractivity contribution in [2.45, 2.75) is 0 Å². The van der Waals surface area contributed by atoms with Crippen LogP contribution >= 0.6 is 31.9 Å². The first kappa shape index (κ1) is 29.7. The van der Waals surface area contributed by atoms with Crippen molar-refractivity contribution in [1.82, 2.24) is 0 Å². The van der Waals surface area contributed by atoms with E-state index >= 15 is 0 Å². The molecule has 212 valence electrons. The number of methoxy groups -OCH3 is 2. The van der Waals surface area contributed by atoms with E-state index in [1.165, 1.54) is 36.6 Å². The molecule has 5 heteroatoms. The molecule has 0 saturated heterocycles. The summed E-state index contributed by atoms with van der Waals surface area (Å²) in [4.78, 5) is 0. The van der Waals surface area contributed by atoms with E-state index in [1.807, 2.05) is 0 Å². The van der Waals surface area contributed by atoms with Crippen molar-refractivity contribution in [3.63, 3.8) is 0 Å². The maximum atomic E-state index is 5.64. The predicted molar refractivity (Wildman–Crippen MR) is 189 cm³/mol. The van der Waals surface area contributed by atoms with Gasteiger partial charge in [-0.2, -0.15) is 0 Å². The summed E-state index contributed by atoms with van der Waals surface area (Å²) in [5.74, 6) is 1.69. The molecule has 0 saturated carbocycles. The summed E-state index contributed by atoms with van der Waals surface area (Å²) in [5.41, 5.74) is 4.83. The average molecular weight is 797 g/mol. The van der Waals surface area contributed by atoms with Crippen molar-refractivity contribution >= 4 is 64.6 Å². The van der Waals surface area contributed by atoms with Gasteiger partial charge in [0.05, 0.1) is 0 Å². The molecule has 6 rings (SSSR count). The third-order valence-corrected chi connectivity index (χ3v) is 23.4. The van der Waals surface area contributed by atoms with E-state index in [-0.39, 0.29) is 0 Å². The van der Waals surface area contributed by atoms with Crippen molar-refractivity contribution in [3.05, 3.63) is 155 Å². The molecule has 0 fully saturated rings. The number of hydrogen-bond donors (Lipinski definition) is 0. The summed E-state index contributed by atoms with van der Waals surface area (Å²) in [5, 5.41) is 0. The van der Waals surface area contributed by atoms with Crippen molar-refractivity contribution in [1.29, 1.82) is 0 Å². The summed E-state index contributed by atoms with van der Waals surface area (Å²) in [6.45, 7) is 0. The zero-order valence-corrected chi connectivity index (χ0v) is 30.0. The van der Waals surface area contributed by atoms with Gasteiger partial charge in [-0.05, 0) is 0 Å². The van der Waals surface area contributed by atoms with Gasteiger partial charge in [0, 0.05) is 0 Å². The Morgan fingerprint density at radius 2 is 0.721 bits per heavy atom. The van der Waals surface area contributed by atoms with E-state index in [1.54, 1.807) is 14.2 Å². The van der Waals surface area contributed by atoms with Crippen LogP contribution in [0.15, 0.2) is 155 Å². The van der Waals surface area contributed by atoms with Gasteiger partial charge >= 0.3 is 277 Å². The number of halogens is 2. The van der Waals surface area contributed by atoms with Crippen LogP contribution in [0.1, 0.15) is 0 Å². The molecule has 0 amide bonds. The van der Waals surface area contributed by atoms with Crippen LogP contribution in [0.4, 0.5) is 0 Å². The monoisotopic (exact) mass is 796 g/mol. The second-order valence-electron chi connectivity index (χ2n) is 10.3. The first-order valence-electron chi connectivity index (χ1n) is 14.1. The van der Waals surface area contributed by atoms with Gasteiger partial charge in [-0.3, -0.25) is 0 Å². The Bertz CT molecular complexity index is 1730. The van der Waals surface area contributed by atoms with Crippen molar-refractivity contribution < 1.29 is 9.47 Å². The number of hydrogen-bond acceptors (Lipinski definition) is 2. The van der Waals surface area contributed by atoms with Crippen molar-refractivity contribution in [2.24, 2.45) is 0 Å². The van der Waals surface area contributed by atoms with E-state index in [0.29, 0.717) is 0 Å². The molecule has 0 radical (unpaired) electrons. The van der Waals surface area contributed by atoms with Crippen LogP contribution in [0, 0.1) is 0 Å². The molecule has 6 aromatic carbocycles. The fourth-order valence-electron chi connectivity index (χ4n) is 6.07. The third-order valence-electron chi connectivity index (χ3n) is 8.04. The standard InChI is InChI=1S/2C12H8Br.2C7H7O.Sn/c2*13-12-9-5-4-8-11(12)10-6-2-1-3-7-10;2*1-8-7-5-3-2-4-6-7;/h2*1-6,8-9H;2*3-6H,1H3;. The molecular weight excluding hydrogens is 767 g/mol. The summed E-state index contributed by atoms with van der Waals surface area (Å²) in [6, 6.07) is 52.5. The Labute approximate surface area is 274 Å². The van der Waals surface area contributed by atoms with E-state index in [2.05, 4.69) is 177 Å². The fourth-order valence-corrected chi connectivity index (χ4v) is 21.7. The molecule has 0 bridgehead atoms. The van der Waals surface area contributed by atoms with Gasteiger partial charge in [0.15, 0.2) is 0 Å². The average Bonchev–Trinajstić information content (AvgIpc) is 3.07. The van der Waals surface area contributed by atoms with Crippen LogP contribution in [0.25, 0.3) is 22.3 Å². The molecule has 0 heterocycles. The number of benzene rings is 6. The van der Waals surface area contributed by atoms with Gasteiger partial charge in [0.2, 0.25) is 0 Å². The quantitative estimate of drug-likeness (QED) is 0.146. The minimum atomic E-state index is -4.20. The van der Waals surface area contributed by atoms with Crippen molar-refractivity contribution in [3.8, 4) is 33.8 Å². The summed E-state index contributed by atoms with van der Waals surface area (Å²) in [7, 11) is 3.44. The van der Waals surface area contributed by atoms with Gasteiger partial charge in [-0.15, -0.1) is 0 Å². The maximum absolute atomic E-state index is 5.64. The fraction of sp³-hybridized carbons (Fsp3) is 0.0526. The number of ether oxygens (including phenoxy) is 2. The summed E-state index contributed by atoms with van der Waals surface area (Å²) < 4.78 is 18.8. The van der Waals surface area contributed by atoms with Crippen LogP contribution in [0.3, 0.4) is 0 Å². The third kappa shape index (κ3) is 5.57. The molecule has 0 spiro atoms. The van der Waals surface area contributed by atoms with Crippen LogP contribution in [0.5, 0.6) is 11.5 Å². The molecule has 0 aromatic heterocycles. The van der Waals surface area contributed by atoms with Crippen LogP contribution in [0.2, 0.25) is 0 Å². The van der Waals surface area contributed by atoms with E-state index in [9.17, 15) is 0 Å². The SMILES string of the molecule is COc1cc[c]([Sn]([c]2ccc(OC)cc2)([c]2ccccc2-c2ccccc2Br)[c]2ccccc2-c2ccccc2Br)cc1. The zero-order chi connectivity index (χ0) is 29.8. The van der Waals surface area contributed by atoms with Gasteiger partial charge in [-0.25, -0.2) is 0 Å². The van der Waals surface area contributed by atoms with E-state index < -0.39 is 18.4 Å². The van der Waals surface area contributed by atoms with Gasteiger partial charge in [0.25, 0.3) is 0 Å².